The number of halogens is 1. The third-order valence-electron chi connectivity index (χ3n) is 4.11. The minimum atomic E-state index is -0.111. The van der Waals surface area contributed by atoms with Crippen LogP contribution in [0.5, 0.6) is 0 Å². The van der Waals surface area contributed by atoms with E-state index in [1.807, 2.05) is 6.07 Å². The Morgan fingerprint density at radius 1 is 1.28 bits per heavy atom. The molecular formula is C14H23BrN2O. The number of likely N-dealkylation sites (tertiary alicyclic amines) is 1. The molecule has 18 heavy (non-hydrogen) atoms. The Bertz CT molecular complexity index is 381. The SMILES string of the molecule is CC(C)(C(N)c1occc1Br)N1CCCCCC1. The first-order valence-electron chi connectivity index (χ1n) is 6.77. The van der Waals surface area contributed by atoms with Gasteiger partial charge in [0.25, 0.3) is 0 Å². The largest absolute Gasteiger partial charge is 0.466 e. The van der Waals surface area contributed by atoms with E-state index in [1.54, 1.807) is 6.26 Å². The maximum absolute atomic E-state index is 6.43. The summed E-state index contributed by atoms with van der Waals surface area (Å²) in [5, 5.41) is 0. The van der Waals surface area contributed by atoms with Crippen molar-refractivity contribution in [1.82, 2.24) is 4.90 Å². The van der Waals surface area contributed by atoms with Crippen molar-refractivity contribution >= 4 is 15.9 Å². The second kappa shape index (κ2) is 5.76. The van der Waals surface area contributed by atoms with E-state index in [0.29, 0.717) is 0 Å². The molecule has 0 aromatic carbocycles. The monoisotopic (exact) mass is 314 g/mol. The molecule has 1 aromatic rings. The number of nitrogens with zero attached hydrogens (tertiary/aromatic N) is 1. The Kier molecular flexibility index (Phi) is 4.51. The van der Waals surface area contributed by atoms with Gasteiger partial charge in [0.15, 0.2) is 0 Å². The second-order valence-electron chi connectivity index (χ2n) is 5.67. The highest BCUT2D eigenvalue weighted by molar-refractivity contribution is 9.10. The number of nitrogens with two attached hydrogens (primary N) is 1. The molecule has 0 aliphatic carbocycles. The van der Waals surface area contributed by atoms with Crippen LogP contribution in [0.25, 0.3) is 0 Å². The standard InChI is InChI=1S/C14H23BrN2O/c1-14(2,17-8-5-3-4-6-9-17)13(16)12-11(15)7-10-18-12/h7,10,13H,3-6,8-9,16H2,1-2H3. The molecule has 0 bridgehead atoms. The fourth-order valence-electron chi connectivity index (χ4n) is 2.69. The molecule has 102 valence electrons. The predicted molar refractivity (Wildman–Crippen MR) is 77.5 cm³/mol. The van der Waals surface area contributed by atoms with Crippen LogP contribution in [0, 0.1) is 0 Å². The summed E-state index contributed by atoms with van der Waals surface area (Å²) in [6.45, 7) is 6.72. The third kappa shape index (κ3) is 2.81. The number of hydrogen-bond acceptors (Lipinski definition) is 3. The Hall–Kier alpha value is -0.320. The summed E-state index contributed by atoms with van der Waals surface area (Å²) in [5.41, 5.74) is 6.36. The van der Waals surface area contributed by atoms with Crippen molar-refractivity contribution in [2.75, 3.05) is 13.1 Å². The number of rotatable bonds is 3. The van der Waals surface area contributed by atoms with E-state index in [9.17, 15) is 0 Å². The first-order valence-corrected chi connectivity index (χ1v) is 7.56. The summed E-state index contributed by atoms with van der Waals surface area (Å²) in [6.07, 6.45) is 6.92. The number of furan rings is 1. The molecular weight excluding hydrogens is 292 g/mol. The van der Waals surface area contributed by atoms with Crippen LogP contribution in [0.1, 0.15) is 51.3 Å². The van der Waals surface area contributed by atoms with Crippen LogP contribution in [-0.2, 0) is 0 Å². The summed E-state index contributed by atoms with van der Waals surface area (Å²) in [6, 6.07) is 1.80. The Labute approximate surface area is 118 Å². The zero-order chi connectivity index (χ0) is 13.2. The number of hydrogen-bond donors (Lipinski definition) is 1. The van der Waals surface area contributed by atoms with Gasteiger partial charge in [0.1, 0.15) is 5.76 Å². The Balaban J connectivity index is 2.16. The minimum absolute atomic E-state index is 0.0787. The predicted octanol–water partition coefficient (Wildman–Crippen LogP) is 3.70. The molecule has 2 N–H and O–H groups in total. The molecule has 3 nitrogen and oxygen atoms in total. The van der Waals surface area contributed by atoms with Crippen molar-refractivity contribution in [1.29, 1.82) is 0 Å². The molecule has 1 aliphatic rings. The van der Waals surface area contributed by atoms with E-state index in [4.69, 9.17) is 10.2 Å². The summed E-state index contributed by atoms with van der Waals surface area (Å²) in [5.74, 6) is 0.851. The quantitative estimate of drug-likeness (QED) is 0.925. The van der Waals surface area contributed by atoms with E-state index in [2.05, 4.69) is 34.7 Å². The lowest BCUT2D eigenvalue weighted by atomic mass is 9.91. The maximum atomic E-state index is 6.43. The van der Waals surface area contributed by atoms with Gasteiger partial charge in [0.2, 0.25) is 0 Å². The van der Waals surface area contributed by atoms with Crippen molar-refractivity contribution in [2.24, 2.45) is 5.73 Å². The first kappa shape index (κ1) is 14.1. The van der Waals surface area contributed by atoms with Crippen molar-refractivity contribution in [3.8, 4) is 0 Å². The molecule has 1 aliphatic heterocycles. The Morgan fingerprint density at radius 3 is 2.39 bits per heavy atom. The van der Waals surface area contributed by atoms with Gasteiger partial charge >= 0.3 is 0 Å². The summed E-state index contributed by atoms with van der Waals surface area (Å²) in [7, 11) is 0. The highest BCUT2D eigenvalue weighted by atomic mass is 79.9. The average molecular weight is 315 g/mol. The summed E-state index contributed by atoms with van der Waals surface area (Å²) < 4.78 is 6.51. The lowest BCUT2D eigenvalue weighted by Gasteiger charge is -2.41. The lowest BCUT2D eigenvalue weighted by Crippen LogP contribution is -2.51. The van der Waals surface area contributed by atoms with Gasteiger partial charge in [-0.05, 0) is 61.8 Å². The van der Waals surface area contributed by atoms with Gasteiger partial charge in [-0.25, -0.2) is 0 Å². The van der Waals surface area contributed by atoms with Gasteiger partial charge in [-0.2, -0.15) is 0 Å². The highest BCUT2D eigenvalue weighted by Gasteiger charge is 2.36. The molecule has 1 atom stereocenters. The lowest BCUT2D eigenvalue weighted by molar-refractivity contribution is 0.0898. The topological polar surface area (TPSA) is 42.4 Å². The fourth-order valence-corrected chi connectivity index (χ4v) is 3.14. The smallest absolute Gasteiger partial charge is 0.136 e. The van der Waals surface area contributed by atoms with Crippen LogP contribution in [0.3, 0.4) is 0 Å². The van der Waals surface area contributed by atoms with Crippen LogP contribution in [0.15, 0.2) is 21.2 Å². The first-order chi connectivity index (χ1) is 8.53. The van der Waals surface area contributed by atoms with E-state index in [1.165, 1.54) is 25.7 Å². The van der Waals surface area contributed by atoms with Gasteiger partial charge in [-0.3, -0.25) is 4.90 Å². The van der Waals surface area contributed by atoms with Crippen molar-refractivity contribution in [3.63, 3.8) is 0 Å². The van der Waals surface area contributed by atoms with Crippen molar-refractivity contribution in [3.05, 3.63) is 22.6 Å². The average Bonchev–Trinajstić information content (AvgIpc) is 2.61. The van der Waals surface area contributed by atoms with Crippen LogP contribution < -0.4 is 5.73 Å². The molecule has 0 radical (unpaired) electrons. The molecule has 1 fully saturated rings. The molecule has 1 saturated heterocycles. The molecule has 1 unspecified atom stereocenters. The molecule has 2 heterocycles. The van der Waals surface area contributed by atoms with Gasteiger partial charge in [0, 0.05) is 5.54 Å². The van der Waals surface area contributed by atoms with Crippen LogP contribution >= 0.6 is 15.9 Å². The molecule has 0 saturated carbocycles. The normalized spacial score (nSPS) is 20.7. The van der Waals surface area contributed by atoms with Gasteiger partial charge in [0.05, 0.1) is 16.8 Å². The van der Waals surface area contributed by atoms with Crippen LogP contribution in [0.2, 0.25) is 0 Å². The minimum Gasteiger partial charge on any atom is -0.466 e. The summed E-state index contributed by atoms with van der Waals surface area (Å²) in [4.78, 5) is 2.51. The second-order valence-corrected chi connectivity index (χ2v) is 6.52. The van der Waals surface area contributed by atoms with Gasteiger partial charge in [-0.15, -0.1) is 0 Å². The van der Waals surface area contributed by atoms with Crippen molar-refractivity contribution in [2.45, 2.75) is 51.1 Å². The maximum Gasteiger partial charge on any atom is 0.136 e. The van der Waals surface area contributed by atoms with E-state index in [0.717, 1.165) is 23.3 Å². The van der Waals surface area contributed by atoms with E-state index in [-0.39, 0.29) is 11.6 Å². The summed E-state index contributed by atoms with van der Waals surface area (Å²) >= 11 is 3.51. The fraction of sp³-hybridized carbons (Fsp3) is 0.714. The van der Waals surface area contributed by atoms with Crippen LogP contribution in [0.4, 0.5) is 0 Å². The molecule has 4 heteroatoms. The molecule has 0 amide bonds. The zero-order valence-electron chi connectivity index (χ0n) is 11.3. The van der Waals surface area contributed by atoms with E-state index < -0.39 is 0 Å². The van der Waals surface area contributed by atoms with E-state index >= 15 is 0 Å². The third-order valence-corrected chi connectivity index (χ3v) is 4.76. The van der Waals surface area contributed by atoms with Crippen LogP contribution in [-0.4, -0.2) is 23.5 Å². The van der Waals surface area contributed by atoms with Gasteiger partial charge < -0.3 is 10.2 Å². The highest BCUT2D eigenvalue weighted by Crippen LogP contribution is 2.34. The Morgan fingerprint density at radius 2 is 1.89 bits per heavy atom. The molecule has 0 spiro atoms. The molecule has 1 aromatic heterocycles. The van der Waals surface area contributed by atoms with Crippen molar-refractivity contribution < 1.29 is 4.42 Å². The zero-order valence-corrected chi connectivity index (χ0v) is 12.9. The van der Waals surface area contributed by atoms with Gasteiger partial charge in [-0.1, -0.05) is 12.8 Å². The molecule has 2 rings (SSSR count).